The Balaban J connectivity index is 2.41. The van der Waals surface area contributed by atoms with E-state index >= 15 is 0 Å². The number of benzene rings is 1. The van der Waals surface area contributed by atoms with Gasteiger partial charge in [-0.1, -0.05) is 0 Å². The topological polar surface area (TPSA) is 70.7 Å². The molecule has 8 heteroatoms. The normalized spacial score (nSPS) is 10.4. The lowest BCUT2D eigenvalue weighted by atomic mass is 10.3. The first-order chi connectivity index (χ1) is 10.4. The maximum Gasteiger partial charge on any atom is 0.243 e. The van der Waals surface area contributed by atoms with E-state index in [4.69, 9.17) is 4.74 Å². The van der Waals surface area contributed by atoms with E-state index < -0.39 is 17.5 Å². The smallest absolute Gasteiger partial charge is 0.243 e. The first kappa shape index (κ1) is 18.0. The molecule has 0 radical (unpaired) electrons. The van der Waals surface area contributed by atoms with Crippen LogP contribution in [0.15, 0.2) is 18.2 Å². The van der Waals surface area contributed by atoms with E-state index in [2.05, 4.69) is 10.6 Å². The summed E-state index contributed by atoms with van der Waals surface area (Å²) in [6, 6.07) is 2.70. The van der Waals surface area contributed by atoms with Crippen molar-refractivity contribution in [1.29, 1.82) is 0 Å². The van der Waals surface area contributed by atoms with Crippen LogP contribution in [0.3, 0.4) is 0 Å². The molecule has 1 aromatic carbocycles. The Bertz CT molecular complexity index is 506. The Hall–Kier alpha value is -2.06. The molecule has 6 nitrogen and oxygen atoms in total. The van der Waals surface area contributed by atoms with Gasteiger partial charge in [0.2, 0.25) is 11.8 Å². The van der Waals surface area contributed by atoms with Gasteiger partial charge < -0.3 is 20.3 Å². The molecule has 0 atom stereocenters. The molecule has 0 aliphatic heterocycles. The summed E-state index contributed by atoms with van der Waals surface area (Å²) in [6.07, 6.45) is 0. The lowest BCUT2D eigenvalue weighted by Crippen LogP contribution is -2.40. The fraction of sp³-hybridized carbons (Fsp3) is 0.429. The Kier molecular flexibility index (Phi) is 7.41. The van der Waals surface area contributed by atoms with Crippen molar-refractivity contribution in [2.24, 2.45) is 0 Å². The molecule has 0 aliphatic carbocycles. The zero-order valence-corrected chi connectivity index (χ0v) is 12.5. The Morgan fingerprint density at radius 3 is 2.45 bits per heavy atom. The number of methoxy groups -OCH3 is 1. The third-order valence-electron chi connectivity index (χ3n) is 2.71. The van der Waals surface area contributed by atoms with Crippen molar-refractivity contribution < 1.29 is 23.1 Å². The number of likely N-dealkylation sites (N-methyl/N-ethyl adjacent to an activating group) is 1. The highest BCUT2D eigenvalue weighted by Gasteiger charge is 2.13. The van der Waals surface area contributed by atoms with Crippen LogP contribution < -0.4 is 10.6 Å². The molecule has 0 spiro atoms. The average molecular weight is 315 g/mol. The molecule has 0 unspecified atom stereocenters. The number of carbonyl (C=O) groups is 2. The van der Waals surface area contributed by atoms with Gasteiger partial charge in [-0.15, -0.1) is 0 Å². The third kappa shape index (κ3) is 6.59. The predicted octanol–water partition coefficient (Wildman–Crippen LogP) is 0.598. The van der Waals surface area contributed by atoms with E-state index in [1.165, 1.54) is 11.9 Å². The summed E-state index contributed by atoms with van der Waals surface area (Å²) < 4.78 is 30.8. The molecule has 122 valence electrons. The number of hydrogen-bond acceptors (Lipinski definition) is 4. The summed E-state index contributed by atoms with van der Waals surface area (Å²) in [7, 11) is 3.02. The minimum atomic E-state index is -0.790. The van der Waals surface area contributed by atoms with Gasteiger partial charge in [0.15, 0.2) is 0 Å². The molecule has 2 N–H and O–H groups in total. The number of amides is 2. The van der Waals surface area contributed by atoms with Crippen LogP contribution in [0.25, 0.3) is 0 Å². The summed E-state index contributed by atoms with van der Waals surface area (Å²) in [5.74, 6) is -2.40. The van der Waals surface area contributed by atoms with Crippen LogP contribution in [0.5, 0.6) is 0 Å². The van der Waals surface area contributed by atoms with E-state index in [0.717, 1.165) is 12.1 Å². The standard InChI is InChI=1S/C14H19F2N3O3/c1-19(14(21)8-17-3-4-22-2)9-13(20)18-12-6-10(15)5-11(16)7-12/h5-7,17H,3-4,8-9H2,1-2H3,(H,18,20). The van der Waals surface area contributed by atoms with E-state index in [-0.39, 0.29) is 24.7 Å². The largest absolute Gasteiger partial charge is 0.383 e. The minimum absolute atomic E-state index is 0.00145. The van der Waals surface area contributed by atoms with Gasteiger partial charge in [-0.05, 0) is 12.1 Å². The van der Waals surface area contributed by atoms with Crippen LogP contribution in [0.2, 0.25) is 0 Å². The number of nitrogens with zero attached hydrogens (tertiary/aromatic N) is 1. The molecule has 0 saturated heterocycles. The van der Waals surface area contributed by atoms with Gasteiger partial charge in [-0.2, -0.15) is 0 Å². The summed E-state index contributed by atoms with van der Waals surface area (Å²) in [6.45, 7) is 0.845. The summed E-state index contributed by atoms with van der Waals surface area (Å²) in [4.78, 5) is 24.7. The minimum Gasteiger partial charge on any atom is -0.383 e. The van der Waals surface area contributed by atoms with Gasteiger partial charge in [0.1, 0.15) is 11.6 Å². The van der Waals surface area contributed by atoms with Crippen LogP contribution in [0.4, 0.5) is 14.5 Å². The Labute approximate surface area is 127 Å². The van der Waals surface area contributed by atoms with Gasteiger partial charge in [-0.3, -0.25) is 9.59 Å². The van der Waals surface area contributed by atoms with Crippen molar-refractivity contribution in [3.63, 3.8) is 0 Å². The van der Waals surface area contributed by atoms with E-state index in [9.17, 15) is 18.4 Å². The number of hydrogen-bond donors (Lipinski definition) is 2. The van der Waals surface area contributed by atoms with Crippen LogP contribution in [0.1, 0.15) is 0 Å². The fourth-order valence-corrected chi connectivity index (χ4v) is 1.63. The van der Waals surface area contributed by atoms with E-state index in [1.54, 1.807) is 7.11 Å². The third-order valence-corrected chi connectivity index (χ3v) is 2.71. The number of carbonyl (C=O) groups excluding carboxylic acids is 2. The first-order valence-corrected chi connectivity index (χ1v) is 6.62. The molecule has 0 aliphatic rings. The van der Waals surface area contributed by atoms with Crippen molar-refractivity contribution >= 4 is 17.5 Å². The van der Waals surface area contributed by atoms with Gasteiger partial charge in [0.05, 0.1) is 19.7 Å². The molecule has 2 amide bonds. The summed E-state index contributed by atoms with van der Waals surface area (Å²) in [5.41, 5.74) is 0.00145. The molecular formula is C14H19F2N3O3. The fourth-order valence-electron chi connectivity index (χ4n) is 1.63. The number of anilines is 1. The second-order valence-electron chi connectivity index (χ2n) is 4.63. The lowest BCUT2D eigenvalue weighted by molar-refractivity contribution is -0.132. The Morgan fingerprint density at radius 1 is 1.23 bits per heavy atom. The maximum absolute atomic E-state index is 13.0. The van der Waals surface area contributed by atoms with Gasteiger partial charge in [0, 0.05) is 32.5 Å². The predicted molar refractivity (Wildman–Crippen MR) is 77.4 cm³/mol. The highest BCUT2D eigenvalue weighted by atomic mass is 19.1. The molecule has 0 heterocycles. The zero-order valence-electron chi connectivity index (χ0n) is 12.5. The monoisotopic (exact) mass is 315 g/mol. The second-order valence-corrected chi connectivity index (χ2v) is 4.63. The quantitative estimate of drug-likeness (QED) is 0.689. The summed E-state index contributed by atoms with van der Waals surface area (Å²) >= 11 is 0. The molecule has 1 rings (SSSR count). The van der Waals surface area contributed by atoms with Crippen LogP contribution in [-0.2, 0) is 14.3 Å². The number of nitrogens with one attached hydrogen (secondary N) is 2. The zero-order chi connectivity index (χ0) is 16.5. The molecule has 0 saturated carbocycles. The van der Waals surface area contributed by atoms with Crippen molar-refractivity contribution in [2.45, 2.75) is 0 Å². The van der Waals surface area contributed by atoms with Gasteiger partial charge in [0.25, 0.3) is 0 Å². The van der Waals surface area contributed by atoms with E-state index in [1.807, 2.05) is 0 Å². The molecule has 22 heavy (non-hydrogen) atoms. The maximum atomic E-state index is 13.0. The average Bonchev–Trinajstić information content (AvgIpc) is 2.41. The van der Waals surface area contributed by atoms with Crippen molar-refractivity contribution in [3.8, 4) is 0 Å². The molecular weight excluding hydrogens is 296 g/mol. The molecule has 0 aromatic heterocycles. The highest BCUT2D eigenvalue weighted by Crippen LogP contribution is 2.12. The van der Waals surface area contributed by atoms with E-state index in [0.29, 0.717) is 19.2 Å². The second kappa shape index (κ2) is 9.06. The first-order valence-electron chi connectivity index (χ1n) is 6.62. The van der Waals surface area contributed by atoms with Gasteiger partial charge in [-0.25, -0.2) is 8.78 Å². The van der Waals surface area contributed by atoms with Crippen molar-refractivity contribution in [2.75, 3.05) is 45.7 Å². The van der Waals surface area contributed by atoms with Crippen LogP contribution in [0, 0.1) is 11.6 Å². The summed E-state index contributed by atoms with van der Waals surface area (Å²) in [5, 5.41) is 5.19. The SMILES string of the molecule is COCCNCC(=O)N(C)CC(=O)Nc1cc(F)cc(F)c1. The molecule has 0 bridgehead atoms. The highest BCUT2D eigenvalue weighted by molar-refractivity contribution is 5.94. The van der Waals surface area contributed by atoms with Crippen LogP contribution >= 0.6 is 0 Å². The van der Waals surface area contributed by atoms with Gasteiger partial charge >= 0.3 is 0 Å². The van der Waals surface area contributed by atoms with Crippen LogP contribution in [-0.4, -0.2) is 57.1 Å². The number of ether oxygens (including phenoxy) is 1. The number of rotatable bonds is 8. The lowest BCUT2D eigenvalue weighted by Gasteiger charge is -2.17. The molecule has 1 aromatic rings. The van der Waals surface area contributed by atoms with Crippen molar-refractivity contribution in [3.05, 3.63) is 29.8 Å². The molecule has 0 fully saturated rings. The Morgan fingerprint density at radius 2 is 1.86 bits per heavy atom. The number of halogens is 2. The van der Waals surface area contributed by atoms with Crippen molar-refractivity contribution in [1.82, 2.24) is 10.2 Å².